The van der Waals surface area contributed by atoms with Crippen LogP contribution in [0.25, 0.3) is 11.2 Å². The summed E-state index contributed by atoms with van der Waals surface area (Å²) >= 11 is 0. The Morgan fingerprint density at radius 1 is 1.43 bits per heavy atom. The number of carbonyl (C=O) groups excluding carboxylic acids is 1. The van der Waals surface area contributed by atoms with Gasteiger partial charge in [0.05, 0.1) is 24.3 Å². The molecule has 0 spiro atoms. The van der Waals surface area contributed by atoms with Gasteiger partial charge in [-0.2, -0.15) is 0 Å². The maximum Gasteiger partial charge on any atom is 0.274 e. The SMILES string of the molecule is CNC(=O)CO[C@H]1[C@@H]([SH]=P(O)(O)O)[C@@H](CO)O[C@H]1n1cnc2c(N)ncnc21. The topological polar surface area (TPSA) is 198 Å². The van der Waals surface area contributed by atoms with Crippen LogP contribution in [-0.4, -0.2) is 82.9 Å². The largest absolute Gasteiger partial charge is 0.394 e. The van der Waals surface area contributed by atoms with Crippen molar-refractivity contribution in [2.45, 2.75) is 23.7 Å². The van der Waals surface area contributed by atoms with Crippen LogP contribution in [0.5, 0.6) is 0 Å². The van der Waals surface area contributed by atoms with Crippen LogP contribution < -0.4 is 11.1 Å². The number of nitrogens with two attached hydrogens (primary N) is 1. The molecule has 1 aliphatic heterocycles. The smallest absolute Gasteiger partial charge is 0.274 e. The van der Waals surface area contributed by atoms with Crippen LogP contribution in [0.2, 0.25) is 0 Å². The normalized spacial score (nSPS) is 25.3. The van der Waals surface area contributed by atoms with E-state index in [-0.39, 0.29) is 23.4 Å². The number of aliphatic hydroxyl groups is 1. The van der Waals surface area contributed by atoms with Crippen molar-refractivity contribution in [1.82, 2.24) is 24.8 Å². The summed E-state index contributed by atoms with van der Waals surface area (Å²) in [4.78, 5) is 52.4. The fraction of sp³-hybridized carbons (Fsp3) is 0.538. The van der Waals surface area contributed by atoms with Crippen molar-refractivity contribution in [3.63, 3.8) is 0 Å². The molecule has 0 radical (unpaired) electrons. The standard InChI is InChI=1S/C13H21N6O7PS/c1-15-7(21)3-25-9-10(28-27(22,23)24)6(2-20)26-13(9)19-5-18-8-11(14)16-4-17-12(8)19/h4-6,9-10,13,20,22-24,28H,2-3H2,1H3,(H,15,21)(H2,14,16,17)/t6-,9+,10+,13-/m1/s1. The van der Waals surface area contributed by atoms with Gasteiger partial charge in [-0.25, -0.2) is 15.0 Å². The number of imidazole rings is 1. The van der Waals surface area contributed by atoms with Gasteiger partial charge in [0.2, 0.25) is 5.91 Å². The first-order valence-corrected chi connectivity index (χ1v) is 11.4. The molecule has 0 unspecified atom stereocenters. The molecule has 0 aromatic carbocycles. The maximum atomic E-state index is 11.6. The van der Waals surface area contributed by atoms with Gasteiger partial charge in [-0.3, -0.25) is 9.36 Å². The number of amides is 1. The van der Waals surface area contributed by atoms with E-state index < -0.39 is 42.9 Å². The Bertz CT molecular complexity index is 912. The van der Waals surface area contributed by atoms with Crippen molar-refractivity contribution in [2.24, 2.45) is 0 Å². The van der Waals surface area contributed by atoms with E-state index in [0.717, 1.165) is 0 Å². The summed E-state index contributed by atoms with van der Waals surface area (Å²) in [5.74, 6) is -0.259. The third-order valence-electron chi connectivity index (χ3n) is 4.13. The van der Waals surface area contributed by atoms with Gasteiger partial charge in [0, 0.05) is 7.05 Å². The molecule has 15 heteroatoms. The number of aliphatic hydroxyl groups excluding tert-OH is 1. The summed E-state index contributed by atoms with van der Waals surface area (Å²) in [5, 5.41) is 11.2. The number of nitrogens with one attached hydrogen (secondary N) is 1. The zero-order chi connectivity index (χ0) is 20.5. The summed E-state index contributed by atoms with van der Waals surface area (Å²) in [7, 11) is 1.26. The summed E-state index contributed by atoms with van der Waals surface area (Å²) < 4.78 is 13.0. The molecule has 156 valence electrons. The van der Waals surface area contributed by atoms with Crippen LogP contribution >= 0.6 is 6.72 Å². The Morgan fingerprint density at radius 2 is 2.18 bits per heavy atom. The van der Waals surface area contributed by atoms with Crippen LogP contribution in [0.1, 0.15) is 6.23 Å². The lowest BCUT2D eigenvalue weighted by Gasteiger charge is -2.23. The number of thiol groups is 1. The number of carbonyl (C=O) groups is 1. The first-order valence-electron chi connectivity index (χ1n) is 8.06. The second-order valence-corrected chi connectivity index (χ2v) is 10.1. The lowest BCUT2D eigenvalue weighted by atomic mass is 10.2. The fourth-order valence-corrected chi connectivity index (χ4v) is 5.84. The lowest BCUT2D eigenvalue weighted by molar-refractivity contribution is -0.130. The molecule has 1 aliphatic rings. The highest BCUT2D eigenvalue weighted by Crippen LogP contribution is 2.40. The molecule has 3 rings (SSSR count). The van der Waals surface area contributed by atoms with E-state index in [1.165, 1.54) is 24.3 Å². The molecule has 13 nitrogen and oxygen atoms in total. The van der Waals surface area contributed by atoms with Crippen LogP contribution in [0.3, 0.4) is 0 Å². The van der Waals surface area contributed by atoms with Crippen molar-refractivity contribution in [3.8, 4) is 0 Å². The van der Waals surface area contributed by atoms with Gasteiger partial charge in [-0.15, -0.1) is 10.9 Å². The highest BCUT2D eigenvalue weighted by molar-refractivity contribution is 8.16. The number of hydrogen-bond donors (Lipinski definition) is 7. The van der Waals surface area contributed by atoms with Crippen LogP contribution in [0, 0.1) is 0 Å². The fourth-order valence-electron chi connectivity index (χ4n) is 2.89. The molecule has 1 saturated heterocycles. The molecule has 1 fully saturated rings. The highest BCUT2D eigenvalue weighted by atomic mass is 32.5. The minimum absolute atomic E-state index is 0.156. The Labute approximate surface area is 162 Å². The average Bonchev–Trinajstić information content (AvgIpc) is 3.20. The zero-order valence-electron chi connectivity index (χ0n) is 14.7. The number of rotatable bonds is 6. The number of ether oxygens (including phenoxy) is 2. The number of fused-ring (bicyclic) bond motifs is 1. The predicted molar refractivity (Wildman–Crippen MR) is 101 cm³/mol. The number of likely N-dealkylation sites (N-methyl/N-ethyl adjacent to an activating group) is 1. The second-order valence-electron chi connectivity index (χ2n) is 5.92. The van der Waals surface area contributed by atoms with Crippen molar-refractivity contribution >= 4 is 40.5 Å². The molecular weight excluding hydrogens is 415 g/mol. The molecule has 1 amide bonds. The van der Waals surface area contributed by atoms with Crippen molar-refractivity contribution in [3.05, 3.63) is 12.7 Å². The Kier molecular flexibility index (Phi) is 6.31. The second kappa shape index (κ2) is 8.39. The third-order valence-corrected chi connectivity index (χ3v) is 7.06. The van der Waals surface area contributed by atoms with Gasteiger partial charge in [0.15, 0.2) is 17.7 Å². The minimum atomic E-state index is -4.24. The summed E-state index contributed by atoms with van der Waals surface area (Å²) in [5.41, 5.74) is 6.45. The first kappa shape index (κ1) is 21.1. The van der Waals surface area contributed by atoms with Gasteiger partial charge >= 0.3 is 0 Å². The van der Waals surface area contributed by atoms with Gasteiger partial charge in [-0.05, 0) is 0 Å². The molecule has 7 N–H and O–H groups in total. The molecular formula is C13H21N6O7PS. The van der Waals surface area contributed by atoms with E-state index in [1.807, 2.05) is 0 Å². The van der Waals surface area contributed by atoms with Crippen LogP contribution in [0.15, 0.2) is 12.7 Å². The van der Waals surface area contributed by atoms with E-state index in [1.54, 1.807) is 0 Å². The number of nitrogen functional groups attached to an aromatic ring is 1. The molecule has 0 saturated carbocycles. The zero-order valence-corrected chi connectivity index (χ0v) is 16.4. The minimum Gasteiger partial charge on any atom is -0.394 e. The molecule has 2 aromatic rings. The summed E-state index contributed by atoms with van der Waals surface area (Å²) in [6, 6.07) is 0. The monoisotopic (exact) mass is 436 g/mol. The van der Waals surface area contributed by atoms with Crippen molar-refractivity contribution in [2.75, 3.05) is 26.0 Å². The Morgan fingerprint density at radius 3 is 2.82 bits per heavy atom. The summed E-state index contributed by atoms with van der Waals surface area (Å²) in [6.45, 7) is -5.06. The Hall–Kier alpha value is -1.64. The van der Waals surface area contributed by atoms with E-state index in [9.17, 15) is 24.6 Å². The van der Waals surface area contributed by atoms with E-state index in [2.05, 4.69) is 20.3 Å². The third kappa shape index (κ3) is 4.34. The van der Waals surface area contributed by atoms with Gasteiger partial charge in [-0.1, -0.05) is 0 Å². The number of aromatic nitrogens is 4. The number of hydrogen-bond acceptors (Lipinski definition) is 8. The quantitative estimate of drug-likeness (QED) is 0.183. The van der Waals surface area contributed by atoms with Gasteiger partial charge in [0.1, 0.15) is 24.6 Å². The van der Waals surface area contributed by atoms with E-state index in [0.29, 0.717) is 11.2 Å². The number of nitrogens with zero attached hydrogens (tertiary/aromatic N) is 4. The molecule has 0 bridgehead atoms. The highest BCUT2D eigenvalue weighted by Gasteiger charge is 2.47. The lowest BCUT2D eigenvalue weighted by Crippen LogP contribution is -2.38. The van der Waals surface area contributed by atoms with Crippen molar-refractivity contribution < 1.29 is 34.1 Å². The first-order chi connectivity index (χ1) is 13.2. The molecule has 28 heavy (non-hydrogen) atoms. The van der Waals surface area contributed by atoms with Crippen LogP contribution in [0.4, 0.5) is 5.82 Å². The average molecular weight is 436 g/mol. The van der Waals surface area contributed by atoms with Crippen molar-refractivity contribution in [1.29, 1.82) is 0 Å². The predicted octanol–water partition coefficient (Wildman–Crippen LogP) is -2.73. The number of anilines is 1. The summed E-state index contributed by atoms with van der Waals surface area (Å²) in [6.07, 6.45) is -0.121. The molecule has 4 atom stereocenters. The molecule has 3 heterocycles. The van der Waals surface area contributed by atoms with Crippen LogP contribution in [-0.2, 0) is 25.2 Å². The maximum absolute atomic E-state index is 11.6. The van der Waals surface area contributed by atoms with E-state index in [4.69, 9.17) is 15.2 Å². The molecule has 2 aromatic heterocycles. The molecule has 0 aliphatic carbocycles. The van der Waals surface area contributed by atoms with Gasteiger partial charge in [0.25, 0.3) is 6.72 Å². The van der Waals surface area contributed by atoms with E-state index >= 15 is 0 Å². The van der Waals surface area contributed by atoms with Gasteiger partial charge < -0.3 is 40.3 Å². The Balaban J connectivity index is 2.03.